The summed E-state index contributed by atoms with van der Waals surface area (Å²) >= 11 is 0. The lowest BCUT2D eigenvalue weighted by Gasteiger charge is -2.08. The van der Waals surface area contributed by atoms with Crippen molar-refractivity contribution < 1.29 is 4.79 Å². The van der Waals surface area contributed by atoms with Gasteiger partial charge in [0, 0.05) is 18.3 Å². The fourth-order valence-corrected chi connectivity index (χ4v) is 3.34. The van der Waals surface area contributed by atoms with Gasteiger partial charge in [-0.05, 0) is 39.2 Å². The Hall–Kier alpha value is -0.900. The summed E-state index contributed by atoms with van der Waals surface area (Å²) in [6.07, 6.45) is 14.3. The highest BCUT2D eigenvalue weighted by Crippen LogP contribution is 2.14. The first kappa shape index (κ1) is 21.1. The van der Waals surface area contributed by atoms with Crippen LogP contribution in [0.1, 0.15) is 91.4 Å². The van der Waals surface area contributed by atoms with Gasteiger partial charge < -0.3 is 10.6 Å². The molecular formula is C20H39N3O. The molecule has 4 nitrogen and oxygen atoms in total. The summed E-state index contributed by atoms with van der Waals surface area (Å²) in [5.41, 5.74) is 0.951. The normalized spacial score (nSPS) is 23.8. The molecule has 2 N–H and O–H groups in total. The van der Waals surface area contributed by atoms with Crippen molar-refractivity contribution in [2.45, 2.75) is 103 Å². The second-order valence-electron chi connectivity index (χ2n) is 7.26. The first-order valence-electron chi connectivity index (χ1n) is 10.2. The molecule has 1 fully saturated rings. The highest BCUT2D eigenvalue weighted by atomic mass is 16.1. The second-order valence-corrected chi connectivity index (χ2v) is 7.26. The van der Waals surface area contributed by atoms with Crippen LogP contribution in [0.15, 0.2) is 4.99 Å². The third kappa shape index (κ3) is 10.1. The number of aliphatic imine (C=N–C) groups is 1. The molecule has 0 aliphatic carbocycles. The molecule has 4 heteroatoms. The number of carbonyl (C=O) groups excluding carboxylic acids is 1. The molecule has 0 spiro atoms. The Labute approximate surface area is 149 Å². The van der Waals surface area contributed by atoms with Gasteiger partial charge in [0.2, 0.25) is 5.91 Å². The van der Waals surface area contributed by atoms with Crippen LogP contribution in [0.3, 0.4) is 0 Å². The van der Waals surface area contributed by atoms with E-state index in [0.717, 1.165) is 18.2 Å². The summed E-state index contributed by atoms with van der Waals surface area (Å²) < 4.78 is 0. The Morgan fingerprint density at radius 1 is 1.12 bits per heavy atom. The highest BCUT2D eigenvalue weighted by molar-refractivity contribution is 6.00. The quantitative estimate of drug-likeness (QED) is 0.651. The van der Waals surface area contributed by atoms with E-state index >= 15 is 0 Å². The molecule has 24 heavy (non-hydrogen) atoms. The van der Waals surface area contributed by atoms with Crippen LogP contribution in [0.4, 0.5) is 0 Å². The molecule has 2 rings (SSSR count). The van der Waals surface area contributed by atoms with Gasteiger partial charge in [-0.25, -0.2) is 0 Å². The Morgan fingerprint density at radius 2 is 1.88 bits per heavy atom. The predicted molar refractivity (Wildman–Crippen MR) is 104 cm³/mol. The van der Waals surface area contributed by atoms with Gasteiger partial charge in [-0.1, -0.05) is 52.4 Å². The van der Waals surface area contributed by atoms with E-state index in [4.69, 9.17) is 0 Å². The Morgan fingerprint density at radius 3 is 2.54 bits per heavy atom. The third-order valence-electron chi connectivity index (χ3n) is 4.89. The second kappa shape index (κ2) is 13.4. The van der Waals surface area contributed by atoms with Crippen LogP contribution in [0.2, 0.25) is 0 Å². The van der Waals surface area contributed by atoms with E-state index < -0.39 is 0 Å². The lowest BCUT2D eigenvalue weighted by molar-refractivity contribution is -0.119. The Balaban J connectivity index is 0.000000243. The van der Waals surface area contributed by atoms with Crippen LogP contribution in [-0.4, -0.2) is 36.8 Å². The van der Waals surface area contributed by atoms with Gasteiger partial charge in [-0.15, -0.1) is 0 Å². The summed E-state index contributed by atoms with van der Waals surface area (Å²) in [5, 5.41) is 6.38. The zero-order chi connectivity index (χ0) is 17.6. The predicted octanol–water partition coefficient (Wildman–Crippen LogP) is 4.23. The lowest BCUT2D eigenvalue weighted by Crippen LogP contribution is -2.28. The summed E-state index contributed by atoms with van der Waals surface area (Å²) in [6, 6.07) is 1.16. The third-order valence-corrected chi connectivity index (χ3v) is 4.89. The van der Waals surface area contributed by atoms with E-state index in [9.17, 15) is 4.79 Å². The Kier molecular flexibility index (Phi) is 11.8. The van der Waals surface area contributed by atoms with E-state index in [1.54, 1.807) is 0 Å². The molecule has 1 amide bonds. The van der Waals surface area contributed by atoms with Crippen molar-refractivity contribution in [2.75, 3.05) is 13.1 Å². The maximum Gasteiger partial charge on any atom is 0.225 e. The number of nitrogens with zero attached hydrogens (tertiary/aromatic N) is 1. The highest BCUT2D eigenvalue weighted by Gasteiger charge is 2.13. The van der Waals surface area contributed by atoms with Crippen LogP contribution in [0, 0.1) is 0 Å². The van der Waals surface area contributed by atoms with E-state index in [2.05, 4.69) is 29.5 Å². The number of hydrogen-bond acceptors (Lipinski definition) is 3. The van der Waals surface area contributed by atoms with E-state index in [1.165, 1.54) is 64.3 Å². The maximum absolute atomic E-state index is 11.0. The van der Waals surface area contributed by atoms with Gasteiger partial charge in [0.25, 0.3) is 0 Å². The van der Waals surface area contributed by atoms with Gasteiger partial charge in [0.05, 0.1) is 12.5 Å². The molecule has 0 saturated carbocycles. The summed E-state index contributed by atoms with van der Waals surface area (Å²) in [6.45, 7) is 8.24. The van der Waals surface area contributed by atoms with Crippen molar-refractivity contribution in [2.24, 2.45) is 4.99 Å². The molecule has 2 aliphatic rings. The number of amides is 1. The number of rotatable bonds is 8. The van der Waals surface area contributed by atoms with Crippen molar-refractivity contribution in [3.8, 4) is 0 Å². The zero-order valence-corrected chi connectivity index (χ0v) is 16.2. The molecule has 0 aromatic carbocycles. The minimum atomic E-state index is 0.0993. The first-order chi connectivity index (χ1) is 11.7. The molecule has 2 aliphatic heterocycles. The molecule has 0 aromatic rings. The van der Waals surface area contributed by atoms with Gasteiger partial charge in [-0.3, -0.25) is 9.79 Å². The molecule has 0 radical (unpaired) electrons. The molecule has 2 unspecified atom stereocenters. The molecule has 1 saturated heterocycles. The fraction of sp³-hybridized carbons (Fsp3) is 0.900. The van der Waals surface area contributed by atoms with Crippen molar-refractivity contribution in [3.05, 3.63) is 0 Å². The van der Waals surface area contributed by atoms with Gasteiger partial charge in [0.15, 0.2) is 0 Å². The molecule has 2 heterocycles. The number of carbonyl (C=O) groups is 1. The minimum absolute atomic E-state index is 0.0993. The van der Waals surface area contributed by atoms with Crippen LogP contribution in [-0.2, 0) is 4.79 Å². The number of hydrogen-bond donors (Lipinski definition) is 2. The van der Waals surface area contributed by atoms with E-state index in [1.807, 2.05) is 6.92 Å². The largest absolute Gasteiger partial charge is 0.354 e. The van der Waals surface area contributed by atoms with Crippen LogP contribution < -0.4 is 10.6 Å². The van der Waals surface area contributed by atoms with Crippen molar-refractivity contribution >= 4 is 11.6 Å². The maximum atomic E-state index is 11.0. The first-order valence-corrected chi connectivity index (χ1v) is 10.2. The standard InChI is InChI=1S/C12H25N.C8H14N2O/c1-2-3-4-5-6-7-9-12-10-8-11-13-12;1-3-7-5-9-8(11)4-6(2)10-7/h12-13H,2-11H2,1H3;7H,3-5H2,1-2H3,(H,9,11). The van der Waals surface area contributed by atoms with Crippen LogP contribution in [0.5, 0.6) is 0 Å². The van der Waals surface area contributed by atoms with E-state index in [0.29, 0.717) is 19.0 Å². The summed E-state index contributed by atoms with van der Waals surface area (Å²) in [5.74, 6) is 0.0993. The topological polar surface area (TPSA) is 53.5 Å². The number of unbranched alkanes of at least 4 members (excludes halogenated alkanes) is 5. The molecule has 0 bridgehead atoms. The van der Waals surface area contributed by atoms with Gasteiger partial charge in [-0.2, -0.15) is 0 Å². The molecular weight excluding hydrogens is 298 g/mol. The Bertz CT molecular complexity index is 362. The molecule has 140 valence electrons. The van der Waals surface area contributed by atoms with Crippen molar-refractivity contribution in [1.29, 1.82) is 0 Å². The average Bonchev–Trinajstić information content (AvgIpc) is 3.02. The van der Waals surface area contributed by atoms with Gasteiger partial charge >= 0.3 is 0 Å². The monoisotopic (exact) mass is 337 g/mol. The fourth-order valence-electron chi connectivity index (χ4n) is 3.34. The SMILES string of the molecule is CCC1CNC(=O)CC(C)=N1.CCCCCCCCC1CCCN1. The number of nitrogens with one attached hydrogen (secondary N) is 2. The lowest BCUT2D eigenvalue weighted by atomic mass is 10.0. The molecule has 2 atom stereocenters. The van der Waals surface area contributed by atoms with Crippen LogP contribution >= 0.6 is 0 Å². The van der Waals surface area contributed by atoms with Crippen LogP contribution in [0.25, 0.3) is 0 Å². The summed E-state index contributed by atoms with van der Waals surface area (Å²) in [7, 11) is 0. The van der Waals surface area contributed by atoms with Gasteiger partial charge in [0.1, 0.15) is 0 Å². The van der Waals surface area contributed by atoms with E-state index in [-0.39, 0.29) is 5.91 Å². The molecule has 0 aromatic heterocycles. The average molecular weight is 338 g/mol. The summed E-state index contributed by atoms with van der Waals surface area (Å²) in [4.78, 5) is 15.3. The zero-order valence-electron chi connectivity index (χ0n) is 16.2. The smallest absolute Gasteiger partial charge is 0.225 e. The van der Waals surface area contributed by atoms with Crippen molar-refractivity contribution in [3.63, 3.8) is 0 Å². The minimum Gasteiger partial charge on any atom is -0.354 e. The van der Waals surface area contributed by atoms with Crippen molar-refractivity contribution in [1.82, 2.24) is 10.6 Å².